The van der Waals surface area contributed by atoms with Crippen molar-refractivity contribution in [3.63, 3.8) is 0 Å². The van der Waals surface area contributed by atoms with E-state index in [-0.39, 0.29) is 22.7 Å². The lowest BCUT2D eigenvalue weighted by molar-refractivity contribution is 0.596. The molecule has 19 heavy (non-hydrogen) atoms. The van der Waals surface area contributed by atoms with E-state index in [1.54, 1.807) is 6.20 Å². The molecule has 3 rings (SSSR count). The largest absolute Gasteiger partial charge is 0.369 e. The third-order valence-electron chi connectivity index (χ3n) is 3.17. The highest BCUT2D eigenvalue weighted by Gasteiger charge is 2.27. The van der Waals surface area contributed by atoms with Crippen LogP contribution in [0.15, 0.2) is 6.20 Å². The molecule has 3 heterocycles. The maximum atomic E-state index is 11.4. The maximum Gasteiger partial charge on any atom is 0.226 e. The number of halogens is 1. The molecule has 1 atom stereocenters. The summed E-state index contributed by atoms with van der Waals surface area (Å²) >= 11 is 5.82. The molecule has 0 saturated carbocycles. The Morgan fingerprint density at radius 3 is 3.05 bits per heavy atom. The summed E-state index contributed by atoms with van der Waals surface area (Å²) in [5.41, 5.74) is 0.557. The van der Waals surface area contributed by atoms with E-state index in [1.165, 1.54) is 0 Å². The van der Waals surface area contributed by atoms with Gasteiger partial charge < -0.3 is 5.32 Å². The van der Waals surface area contributed by atoms with Crippen LogP contribution in [-0.2, 0) is 9.84 Å². The fourth-order valence-electron chi connectivity index (χ4n) is 2.22. The van der Waals surface area contributed by atoms with Gasteiger partial charge in [0.25, 0.3) is 0 Å². The third-order valence-corrected chi connectivity index (χ3v) is 5.17. The number of sulfone groups is 1. The van der Waals surface area contributed by atoms with Crippen LogP contribution in [0.25, 0.3) is 11.0 Å². The zero-order chi connectivity index (χ0) is 13.5. The van der Waals surface area contributed by atoms with E-state index >= 15 is 0 Å². The fourth-order valence-corrected chi connectivity index (χ4v) is 4.25. The molecule has 2 N–H and O–H groups in total. The van der Waals surface area contributed by atoms with Gasteiger partial charge >= 0.3 is 0 Å². The minimum absolute atomic E-state index is 0.112. The second-order valence-electron chi connectivity index (χ2n) is 4.62. The molecule has 9 heteroatoms. The summed E-state index contributed by atoms with van der Waals surface area (Å²) in [4.78, 5) is 8.10. The van der Waals surface area contributed by atoms with Crippen molar-refractivity contribution in [1.82, 2.24) is 20.2 Å². The summed E-state index contributed by atoms with van der Waals surface area (Å²) in [7, 11) is -2.86. The molecule has 1 aliphatic heterocycles. The lowest BCUT2D eigenvalue weighted by atomic mass is 10.1. The van der Waals surface area contributed by atoms with Crippen LogP contribution >= 0.6 is 11.6 Å². The number of nitrogens with zero attached hydrogens (tertiary/aromatic N) is 3. The van der Waals surface area contributed by atoms with E-state index in [1.807, 2.05) is 0 Å². The van der Waals surface area contributed by atoms with E-state index in [2.05, 4.69) is 25.5 Å². The SMILES string of the molecule is O=S1(=O)CCC(CNc2nc(Cl)nc3[nH]ncc23)C1. The zero-order valence-corrected chi connectivity index (χ0v) is 11.5. The van der Waals surface area contributed by atoms with Gasteiger partial charge in [0.1, 0.15) is 5.82 Å². The third kappa shape index (κ3) is 2.64. The van der Waals surface area contributed by atoms with Crippen molar-refractivity contribution in [2.75, 3.05) is 23.4 Å². The first-order valence-corrected chi connectivity index (χ1v) is 8.04. The summed E-state index contributed by atoms with van der Waals surface area (Å²) in [5.74, 6) is 1.19. The summed E-state index contributed by atoms with van der Waals surface area (Å²) < 4.78 is 22.8. The molecule has 1 aliphatic rings. The first kappa shape index (κ1) is 12.6. The van der Waals surface area contributed by atoms with Gasteiger partial charge in [-0.25, -0.2) is 8.42 Å². The lowest BCUT2D eigenvalue weighted by Crippen LogP contribution is -2.16. The average molecular weight is 302 g/mol. The Hall–Kier alpha value is -1.41. The smallest absolute Gasteiger partial charge is 0.226 e. The molecule has 1 fully saturated rings. The van der Waals surface area contributed by atoms with Gasteiger partial charge in [0, 0.05) is 6.54 Å². The van der Waals surface area contributed by atoms with Crippen molar-refractivity contribution in [2.24, 2.45) is 5.92 Å². The number of nitrogens with one attached hydrogen (secondary N) is 2. The summed E-state index contributed by atoms with van der Waals surface area (Å²) in [5, 5.41) is 10.6. The van der Waals surface area contributed by atoms with Crippen LogP contribution in [-0.4, -0.2) is 46.6 Å². The second kappa shape index (κ2) is 4.61. The second-order valence-corrected chi connectivity index (χ2v) is 7.19. The predicted molar refractivity (Wildman–Crippen MR) is 71.9 cm³/mol. The monoisotopic (exact) mass is 301 g/mol. The van der Waals surface area contributed by atoms with Crippen LogP contribution in [0, 0.1) is 5.92 Å². The van der Waals surface area contributed by atoms with E-state index in [9.17, 15) is 8.42 Å². The molecular formula is C10H12ClN5O2S. The number of rotatable bonds is 3. The number of anilines is 1. The van der Waals surface area contributed by atoms with Gasteiger partial charge in [0.15, 0.2) is 15.5 Å². The van der Waals surface area contributed by atoms with E-state index < -0.39 is 9.84 Å². The zero-order valence-electron chi connectivity index (χ0n) is 9.93. The van der Waals surface area contributed by atoms with Crippen molar-refractivity contribution < 1.29 is 8.42 Å². The maximum absolute atomic E-state index is 11.4. The minimum Gasteiger partial charge on any atom is -0.369 e. The van der Waals surface area contributed by atoms with Crippen LogP contribution in [0.4, 0.5) is 5.82 Å². The Balaban J connectivity index is 1.77. The minimum atomic E-state index is -2.86. The Kier molecular flexibility index (Phi) is 3.06. The number of fused-ring (bicyclic) bond motifs is 1. The molecule has 0 radical (unpaired) electrons. The standard InChI is InChI=1S/C10H12ClN5O2S/c11-10-14-8(7-4-13-16-9(7)15-10)12-3-6-1-2-19(17,18)5-6/h4,6H,1-3,5H2,(H2,12,13,14,15,16). The Labute approximate surface area is 114 Å². The van der Waals surface area contributed by atoms with Gasteiger partial charge in [-0.3, -0.25) is 5.10 Å². The summed E-state index contributed by atoms with van der Waals surface area (Å²) in [6.07, 6.45) is 2.29. The quantitative estimate of drug-likeness (QED) is 0.815. The topological polar surface area (TPSA) is 101 Å². The molecular weight excluding hydrogens is 290 g/mol. The van der Waals surface area contributed by atoms with Crippen molar-refractivity contribution in [3.05, 3.63) is 11.5 Å². The van der Waals surface area contributed by atoms with Crippen LogP contribution in [0.1, 0.15) is 6.42 Å². The molecule has 2 aromatic heterocycles. The molecule has 102 valence electrons. The number of hydrogen-bond acceptors (Lipinski definition) is 6. The molecule has 0 aromatic carbocycles. The van der Waals surface area contributed by atoms with Crippen molar-refractivity contribution in [1.29, 1.82) is 0 Å². The van der Waals surface area contributed by atoms with E-state index in [0.717, 1.165) is 5.39 Å². The number of aromatic nitrogens is 4. The molecule has 7 nitrogen and oxygen atoms in total. The van der Waals surface area contributed by atoms with Crippen LogP contribution in [0.5, 0.6) is 0 Å². The van der Waals surface area contributed by atoms with Gasteiger partial charge in [-0.15, -0.1) is 0 Å². The highest BCUT2D eigenvalue weighted by atomic mass is 35.5. The first-order valence-electron chi connectivity index (χ1n) is 5.84. The number of hydrogen-bond donors (Lipinski definition) is 2. The lowest BCUT2D eigenvalue weighted by Gasteiger charge is -2.10. The highest BCUT2D eigenvalue weighted by Crippen LogP contribution is 2.22. The number of H-pyrrole nitrogens is 1. The van der Waals surface area contributed by atoms with E-state index in [4.69, 9.17) is 11.6 Å². The average Bonchev–Trinajstić information content (AvgIpc) is 2.92. The normalized spacial score (nSPS) is 21.8. The number of aromatic amines is 1. The molecule has 0 amide bonds. The van der Waals surface area contributed by atoms with Gasteiger partial charge in [-0.05, 0) is 23.9 Å². The Morgan fingerprint density at radius 1 is 1.47 bits per heavy atom. The molecule has 1 saturated heterocycles. The Morgan fingerprint density at radius 2 is 2.32 bits per heavy atom. The molecule has 0 bridgehead atoms. The van der Waals surface area contributed by atoms with Gasteiger partial charge in [0.2, 0.25) is 5.28 Å². The van der Waals surface area contributed by atoms with Crippen molar-refractivity contribution in [3.8, 4) is 0 Å². The van der Waals surface area contributed by atoms with Crippen LogP contribution in [0.2, 0.25) is 5.28 Å². The molecule has 0 aliphatic carbocycles. The highest BCUT2D eigenvalue weighted by molar-refractivity contribution is 7.91. The molecule has 2 aromatic rings. The first-order chi connectivity index (χ1) is 9.03. The van der Waals surface area contributed by atoms with Crippen LogP contribution < -0.4 is 5.32 Å². The fraction of sp³-hybridized carbons (Fsp3) is 0.500. The van der Waals surface area contributed by atoms with E-state index in [0.29, 0.717) is 24.4 Å². The summed E-state index contributed by atoms with van der Waals surface area (Å²) in [6.45, 7) is 0.548. The van der Waals surface area contributed by atoms with Crippen molar-refractivity contribution >= 4 is 38.3 Å². The molecule has 0 spiro atoms. The summed E-state index contributed by atoms with van der Waals surface area (Å²) in [6, 6.07) is 0. The van der Waals surface area contributed by atoms with Crippen molar-refractivity contribution in [2.45, 2.75) is 6.42 Å². The predicted octanol–water partition coefficient (Wildman–Crippen LogP) is 0.853. The molecule has 1 unspecified atom stereocenters. The van der Waals surface area contributed by atoms with Crippen LogP contribution in [0.3, 0.4) is 0 Å². The van der Waals surface area contributed by atoms with Gasteiger partial charge in [0.05, 0.1) is 23.1 Å². The Bertz CT molecular complexity index is 714. The van der Waals surface area contributed by atoms with Gasteiger partial charge in [-0.2, -0.15) is 15.1 Å². The van der Waals surface area contributed by atoms with Gasteiger partial charge in [-0.1, -0.05) is 0 Å².